The molecule has 1 aromatic carbocycles. The van der Waals surface area contributed by atoms with Crippen LogP contribution in [0.3, 0.4) is 0 Å². The molecule has 0 radical (unpaired) electrons. The van der Waals surface area contributed by atoms with Gasteiger partial charge in [-0.2, -0.15) is 0 Å². The Kier molecular flexibility index (Phi) is 6.31. The summed E-state index contributed by atoms with van der Waals surface area (Å²) >= 11 is 2.32. The van der Waals surface area contributed by atoms with Crippen LogP contribution in [-0.4, -0.2) is 35.7 Å². The molecule has 2 atom stereocenters. The molecule has 5 heteroatoms. The van der Waals surface area contributed by atoms with Crippen LogP contribution >= 0.6 is 22.6 Å². The van der Waals surface area contributed by atoms with Crippen molar-refractivity contribution in [3.05, 3.63) is 33.4 Å². The van der Waals surface area contributed by atoms with Crippen LogP contribution in [0.2, 0.25) is 0 Å². The first-order valence-electron chi connectivity index (χ1n) is 8.24. The van der Waals surface area contributed by atoms with Gasteiger partial charge in [0.25, 0.3) is 0 Å². The highest BCUT2D eigenvalue weighted by molar-refractivity contribution is 14.1. The largest absolute Gasteiger partial charge is 0.444 e. The number of hydrogen-bond donors (Lipinski definition) is 1. The molecule has 0 bridgehead atoms. The molecule has 1 heterocycles. The molecule has 0 aliphatic carbocycles. The number of ether oxygens (including phenoxy) is 1. The van der Waals surface area contributed by atoms with Crippen LogP contribution in [0.15, 0.2) is 24.3 Å². The monoisotopic (exact) mass is 430 g/mol. The van der Waals surface area contributed by atoms with E-state index in [1.54, 1.807) is 0 Å². The number of hydrogen-bond acceptors (Lipinski definition) is 3. The van der Waals surface area contributed by atoms with E-state index in [2.05, 4.69) is 59.1 Å². The second kappa shape index (κ2) is 7.83. The maximum Gasteiger partial charge on any atom is 0.410 e. The Bertz CT molecular complexity index is 525. The predicted octanol–water partition coefficient (Wildman–Crippen LogP) is 4.34. The maximum atomic E-state index is 12.2. The zero-order chi connectivity index (χ0) is 17.0. The van der Waals surface area contributed by atoms with Gasteiger partial charge in [0.05, 0.1) is 0 Å². The Morgan fingerprint density at radius 3 is 2.61 bits per heavy atom. The summed E-state index contributed by atoms with van der Waals surface area (Å²) in [5.41, 5.74) is 0.839. The number of piperidine rings is 1. The lowest BCUT2D eigenvalue weighted by Gasteiger charge is -2.35. The van der Waals surface area contributed by atoms with Gasteiger partial charge in [0.2, 0.25) is 0 Å². The number of nitrogens with zero attached hydrogens (tertiary/aromatic N) is 1. The molecule has 23 heavy (non-hydrogen) atoms. The highest BCUT2D eigenvalue weighted by Crippen LogP contribution is 2.19. The topological polar surface area (TPSA) is 41.6 Å². The van der Waals surface area contributed by atoms with Gasteiger partial charge in [0.15, 0.2) is 0 Å². The molecule has 0 saturated carbocycles. The lowest BCUT2D eigenvalue weighted by atomic mass is 10.0. The Labute approximate surface area is 153 Å². The summed E-state index contributed by atoms with van der Waals surface area (Å²) in [6, 6.07) is 9.16. The molecule has 1 N–H and O–H groups in total. The molecular formula is C18H27IN2O2. The molecule has 1 aliphatic heterocycles. The molecule has 1 aromatic rings. The number of carbonyl (C=O) groups excluding carboxylic acids is 1. The Hall–Kier alpha value is -0.820. The lowest BCUT2D eigenvalue weighted by Crippen LogP contribution is -2.49. The standard InChI is InChI=1S/C18H27IN2O2/c1-13(14-7-9-15(19)10-8-14)20-16-6-5-11-21(12-16)17(22)23-18(2,3)4/h7-10,13,16,20H,5-6,11-12H2,1-4H3. The first-order chi connectivity index (χ1) is 10.7. The molecule has 1 saturated heterocycles. The Balaban J connectivity index is 1.90. The van der Waals surface area contributed by atoms with Crippen LogP contribution in [0.5, 0.6) is 0 Å². The van der Waals surface area contributed by atoms with Gasteiger partial charge >= 0.3 is 6.09 Å². The van der Waals surface area contributed by atoms with Crippen LogP contribution < -0.4 is 5.32 Å². The van der Waals surface area contributed by atoms with Crippen molar-refractivity contribution in [2.45, 2.75) is 58.2 Å². The number of benzene rings is 1. The minimum Gasteiger partial charge on any atom is -0.444 e. The summed E-state index contributed by atoms with van der Waals surface area (Å²) in [5.74, 6) is 0. The Morgan fingerprint density at radius 2 is 2.00 bits per heavy atom. The van der Waals surface area contributed by atoms with E-state index in [-0.39, 0.29) is 12.1 Å². The first-order valence-corrected chi connectivity index (χ1v) is 9.32. The van der Waals surface area contributed by atoms with Gasteiger partial charge in [-0.25, -0.2) is 4.79 Å². The molecule has 128 valence electrons. The van der Waals surface area contributed by atoms with Gasteiger partial charge in [-0.15, -0.1) is 0 Å². The summed E-state index contributed by atoms with van der Waals surface area (Å²) < 4.78 is 6.73. The van der Waals surface area contributed by atoms with Crippen molar-refractivity contribution < 1.29 is 9.53 Å². The van der Waals surface area contributed by atoms with E-state index < -0.39 is 5.60 Å². The number of likely N-dealkylation sites (tertiary alicyclic amines) is 1. The minimum absolute atomic E-state index is 0.203. The van der Waals surface area contributed by atoms with E-state index in [4.69, 9.17) is 4.74 Å². The Morgan fingerprint density at radius 1 is 1.35 bits per heavy atom. The molecule has 1 aliphatic rings. The minimum atomic E-state index is -0.439. The average molecular weight is 430 g/mol. The van der Waals surface area contributed by atoms with Crippen LogP contribution in [0.4, 0.5) is 4.79 Å². The number of halogens is 1. The fourth-order valence-electron chi connectivity index (χ4n) is 2.81. The van der Waals surface area contributed by atoms with Crippen molar-refractivity contribution in [2.75, 3.05) is 13.1 Å². The molecule has 4 nitrogen and oxygen atoms in total. The number of carbonyl (C=O) groups is 1. The lowest BCUT2D eigenvalue weighted by molar-refractivity contribution is 0.0184. The van der Waals surface area contributed by atoms with Crippen LogP contribution in [0.1, 0.15) is 52.1 Å². The summed E-state index contributed by atoms with van der Waals surface area (Å²) in [6.45, 7) is 9.39. The zero-order valence-corrected chi connectivity index (χ0v) is 16.6. The average Bonchev–Trinajstić information content (AvgIpc) is 2.46. The molecule has 1 amide bonds. The first kappa shape index (κ1) is 18.5. The molecular weight excluding hydrogens is 403 g/mol. The molecule has 2 unspecified atom stereocenters. The summed E-state index contributed by atoms with van der Waals surface area (Å²) in [6.07, 6.45) is 1.90. The van der Waals surface area contributed by atoms with E-state index in [0.29, 0.717) is 12.6 Å². The second-order valence-corrected chi connectivity index (χ2v) is 8.45. The third-order valence-corrected chi connectivity index (χ3v) is 4.65. The summed E-state index contributed by atoms with van der Waals surface area (Å²) in [4.78, 5) is 14.1. The third-order valence-electron chi connectivity index (χ3n) is 3.93. The third kappa shape index (κ3) is 5.95. The van der Waals surface area contributed by atoms with Crippen molar-refractivity contribution in [2.24, 2.45) is 0 Å². The van der Waals surface area contributed by atoms with E-state index in [1.807, 2.05) is 25.7 Å². The van der Waals surface area contributed by atoms with Crippen molar-refractivity contribution in [1.82, 2.24) is 10.2 Å². The van der Waals surface area contributed by atoms with E-state index in [0.717, 1.165) is 19.4 Å². The van der Waals surface area contributed by atoms with E-state index >= 15 is 0 Å². The van der Waals surface area contributed by atoms with Crippen molar-refractivity contribution in [3.63, 3.8) is 0 Å². The highest BCUT2D eigenvalue weighted by atomic mass is 127. The van der Waals surface area contributed by atoms with E-state index in [9.17, 15) is 4.79 Å². The summed E-state index contributed by atoms with van der Waals surface area (Å²) in [7, 11) is 0. The van der Waals surface area contributed by atoms with E-state index in [1.165, 1.54) is 9.13 Å². The van der Waals surface area contributed by atoms with Crippen molar-refractivity contribution >= 4 is 28.7 Å². The zero-order valence-electron chi connectivity index (χ0n) is 14.4. The number of nitrogens with one attached hydrogen (secondary N) is 1. The molecule has 0 spiro atoms. The second-order valence-electron chi connectivity index (χ2n) is 7.21. The summed E-state index contributed by atoms with van der Waals surface area (Å²) in [5, 5.41) is 3.65. The highest BCUT2D eigenvalue weighted by Gasteiger charge is 2.28. The quantitative estimate of drug-likeness (QED) is 0.726. The number of amides is 1. The van der Waals surface area contributed by atoms with Gasteiger partial charge in [-0.1, -0.05) is 12.1 Å². The predicted molar refractivity (Wildman–Crippen MR) is 102 cm³/mol. The molecule has 0 aromatic heterocycles. The van der Waals surface area contributed by atoms with Crippen molar-refractivity contribution in [3.8, 4) is 0 Å². The van der Waals surface area contributed by atoms with Crippen molar-refractivity contribution in [1.29, 1.82) is 0 Å². The van der Waals surface area contributed by atoms with Crippen LogP contribution in [-0.2, 0) is 4.74 Å². The van der Waals surface area contributed by atoms with Gasteiger partial charge in [-0.05, 0) is 80.8 Å². The maximum absolute atomic E-state index is 12.2. The number of rotatable bonds is 3. The van der Waals surface area contributed by atoms with Gasteiger partial charge in [0, 0.05) is 28.7 Å². The smallest absolute Gasteiger partial charge is 0.410 e. The molecule has 2 rings (SSSR count). The SMILES string of the molecule is CC(NC1CCCN(C(=O)OC(C)(C)C)C1)c1ccc(I)cc1. The van der Waals surface area contributed by atoms with Gasteiger partial charge in [0.1, 0.15) is 5.60 Å². The van der Waals surface area contributed by atoms with Gasteiger partial charge in [-0.3, -0.25) is 0 Å². The molecule has 1 fully saturated rings. The fourth-order valence-corrected chi connectivity index (χ4v) is 3.17. The van der Waals surface area contributed by atoms with Crippen LogP contribution in [0, 0.1) is 3.57 Å². The fraction of sp³-hybridized carbons (Fsp3) is 0.611. The normalized spacial score (nSPS) is 20.2. The van der Waals surface area contributed by atoms with Crippen LogP contribution in [0.25, 0.3) is 0 Å². The van der Waals surface area contributed by atoms with Gasteiger partial charge < -0.3 is 15.0 Å².